The molecule has 0 aliphatic rings. The number of carbonyl (C=O) groups excluding carboxylic acids is 2. The van der Waals surface area contributed by atoms with Gasteiger partial charge in [0, 0.05) is 37.7 Å². The van der Waals surface area contributed by atoms with Crippen LogP contribution in [0.25, 0.3) is 5.69 Å². The summed E-state index contributed by atoms with van der Waals surface area (Å²) in [5.41, 5.74) is 9.72. The summed E-state index contributed by atoms with van der Waals surface area (Å²) in [6.45, 7) is 0. The highest BCUT2D eigenvalue weighted by molar-refractivity contribution is 7.86. The summed E-state index contributed by atoms with van der Waals surface area (Å²) in [5, 5.41) is 6.06. The summed E-state index contributed by atoms with van der Waals surface area (Å²) in [5.74, 6) is -1.68. The van der Waals surface area contributed by atoms with Crippen LogP contribution in [0.3, 0.4) is 0 Å². The van der Waals surface area contributed by atoms with Gasteiger partial charge in [0.1, 0.15) is 0 Å². The third kappa shape index (κ3) is 7.20. The largest absolute Gasteiger partial charge is 0.370 e. The van der Waals surface area contributed by atoms with E-state index in [1.807, 2.05) is 0 Å². The van der Waals surface area contributed by atoms with E-state index in [0.717, 1.165) is 6.26 Å². The Kier molecular flexibility index (Phi) is 7.11. The second-order valence-electron chi connectivity index (χ2n) is 5.59. The third-order valence-corrected chi connectivity index (χ3v) is 3.39. The van der Waals surface area contributed by atoms with Gasteiger partial charge in [0.05, 0.1) is 11.8 Å². The minimum Gasteiger partial charge on any atom is -0.370 e. The zero-order valence-corrected chi connectivity index (χ0v) is 15.9. The highest BCUT2D eigenvalue weighted by atomic mass is 32.2. The molecule has 5 N–H and O–H groups in total. The molecule has 0 aliphatic carbocycles. The molecule has 1 heterocycles. The van der Waals surface area contributed by atoms with Crippen LogP contribution >= 0.6 is 0 Å². The first-order valence-corrected chi connectivity index (χ1v) is 9.25. The Labute approximate surface area is 156 Å². The van der Waals surface area contributed by atoms with Crippen LogP contribution in [0.1, 0.15) is 20.7 Å². The van der Waals surface area contributed by atoms with Crippen molar-refractivity contribution in [2.24, 2.45) is 11.5 Å². The Morgan fingerprint density at radius 3 is 2.00 bits per heavy atom. The number of nitrogens with one attached hydrogen (secondary N) is 1. The molecule has 27 heavy (non-hydrogen) atoms. The molecule has 1 aromatic carbocycles. The van der Waals surface area contributed by atoms with E-state index in [4.69, 9.17) is 5.41 Å². The van der Waals surface area contributed by atoms with E-state index in [1.165, 1.54) is 17.0 Å². The topological polar surface area (TPSA) is 162 Å². The molecule has 0 saturated carbocycles. The number of carbonyl (C=O) groups is 2. The Morgan fingerprint density at radius 1 is 1.07 bits per heavy atom. The van der Waals surface area contributed by atoms with E-state index in [-0.39, 0.29) is 23.0 Å². The van der Waals surface area contributed by atoms with Gasteiger partial charge in [-0.15, -0.1) is 0 Å². The van der Waals surface area contributed by atoms with Gasteiger partial charge < -0.3 is 25.1 Å². The molecule has 10 nitrogen and oxygen atoms in total. The number of aromatic nitrogens is 1. The first-order valence-electron chi connectivity index (χ1n) is 7.44. The predicted molar refractivity (Wildman–Crippen MR) is 100 cm³/mol. The van der Waals surface area contributed by atoms with E-state index in [2.05, 4.69) is 15.7 Å². The lowest BCUT2D eigenvalue weighted by atomic mass is 10.1. The van der Waals surface area contributed by atoms with Crippen LogP contribution in [-0.4, -0.2) is 56.1 Å². The molecule has 0 bridgehead atoms. The van der Waals surface area contributed by atoms with Crippen LogP contribution in [0.4, 0.5) is 0 Å². The van der Waals surface area contributed by atoms with Crippen LogP contribution < -0.4 is 11.5 Å². The Bertz CT molecular complexity index is 932. The fourth-order valence-corrected chi connectivity index (χ4v) is 2.32. The molecule has 0 saturated heterocycles. The van der Waals surface area contributed by atoms with Crippen molar-refractivity contribution in [1.82, 2.24) is 9.47 Å². The molecule has 0 unspecified atom stereocenters. The van der Waals surface area contributed by atoms with Gasteiger partial charge in [-0.05, 0) is 30.3 Å². The van der Waals surface area contributed by atoms with Crippen molar-refractivity contribution in [2.75, 3.05) is 20.4 Å². The lowest BCUT2D eigenvalue weighted by molar-refractivity contribution is 0.0748. The zero-order valence-electron chi connectivity index (χ0n) is 15.0. The highest BCUT2D eigenvalue weighted by Gasteiger charge is 2.18. The number of nitrogens with zero attached hydrogens (tertiary/aromatic N) is 2. The lowest BCUT2D eigenvalue weighted by Crippen LogP contribution is -2.22. The van der Waals surface area contributed by atoms with Crippen molar-refractivity contribution >= 4 is 28.0 Å². The summed E-state index contributed by atoms with van der Waals surface area (Å²) >= 11 is 0. The van der Waals surface area contributed by atoms with Crippen LogP contribution in [0, 0.1) is 5.41 Å². The average molecular weight is 395 g/mol. The van der Waals surface area contributed by atoms with Gasteiger partial charge in [-0.2, -0.15) is 8.42 Å². The Morgan fingerprint density at radius 2 is 1.56 bits per heavy atom. The van der Waals surface area contributed by atoms with Gasteiger partial charge >= 0.3 is 16.1 Å². The molecule has 1 amide bonds. The van der Waals surface area contributed by atoms with E-state index in [1.54, 1.807) is 49.3 Å². The zero-order chi connectivity index (χ0) is 20.8. The number of amides is 1. The molecule has 2 rings (SSSR count). The van der Waals surface area contributed by atoms with Gasteiger partial charge in [0.2, 0.25) is 0 Å². The normalized spacial score (nSPS) is 10.3. The molecule has 0 spiro atoms. The minimum absolute atomic E-state index is 0.0215. The number of benzene rings is 1. The summed E-state index contributed by atoms with van der Waals surface area (Å²) in [6.07, 6.45) is 4.27. The van der Waals surface area contributed by atoms with Gasteiger partial charge in [-0.3, -0.25) is 10.2 Å². The first kappa shape index (κ1) is 21.7. The smallest absolute Gasteiger partial charge is 0.353 e. The van der Waals surface area contributed by atoms with Gasteiger partial charge in [-0.25, -0.2) is 4.79 Å². The summed E-state index contributed by atoms with van der Waals surface area (Å²) in [4.78, 5) is 25.5. The number of hydrogen-bond acceptors (Lipinski definition) is 6. The van der Waals surface area contributed by atoms with Crippen LogP contribution in [-0.2, 0) is 14.3 Å². The third-order valence-electron chi connectivity index (χ3n) is 2.94. The average Bonchev–Trinajstić information content (AvgIpc) is 3.06. The minimum atomic E-state index is -3.94. The maximum Gasteiger partial charge on any atom is 0.353 e. The molecule has 0 aliphatic heterocycles. The van der Waals surface area contributed by atoms with Gasteiger partial charge in [0.15, 0.2) is 5.96 Å². The maximum atomic E-state index is 12.2. The maximum absolute atomic E-state index is 12.2. The number of nitrogens with two attached hydrogens (primary N) is 2. The Hall–Kier alpha value is -3.34. The SMILES string of the molecule is CN(C)C(=O)c1cc(C(=O)OS(C)(=O)=O)cc(-n2cccc2)c1.N=C(N)N. The molecule has 0 fully saturated rings. The number of rotatable bonds is 4. The standard InChI is InChI=1S/C15H16N2O5S.CH5N3/c1-16(2)14(18)11-8-12(15(19)22-23(3,20)21)10-13(9-11)17-6-4-5-7-17;2-1(3)4/h4-10H,1-3H3;(H5,2,3,4). The predicted octanol–water partition coefficient (Wildman–Crippen LogP) is 0.134. The second kappa shape index (κ2) is 8.85. The second-order valence-corrected chi connectivity index (χ2v) is 7.16. The number of guanidine groups is 1. The fraction of sp³-hybridized carbons (Fsp3) is 0.188. The van der Waals surface area contributed by atoms with Crippen molar-refractivity contribution in [3.63, 3.8) is 0 Å². The molecule has 0 atom stereocenters. The molecule has 2 aromatic rings. The highest BCUT2D eigenvalue weighted by Crippen LogP contribution is 2.17. The molecular formula is C16H21N5O5S. The van der Waals surface area contributed by atoms with Crippen molar-refractivity contribution < 1.29 is 22.2 Å². The fourth-order valence-electron chi connectivity index (χ4n) is 1.95. The van der Waals surface area contributed by atoms with E-state index in [9.17, 15) is 18.0 Å². The van der Waals surface area contributed by atoms with E-state index < -0.39 is 16.1 Å². The van der Waals surface area contributed by atoms with Crippen LogP contribution in [0.15, 0.2) is 42.7 Å². The summed E-state index contributed by atoms with van der Waals surface area (Å²) in [7, 11) is -0.774. The summed E-state index contributed by atoms with van der Waals surface area (Å²) in [6, 6.07) is 7.95. The number of hydrogen-bond donors (Lipinski definition) is 3. The summed E-state index contributed by atoms with van der Waals surface area (Å²) < 4.78 is 28.4. The molecule has 0 radical (unpaired) electrons. The van der Waals surface area contributed by atoms with Crippen molar-refractivity contribution in [1.29, 1.82) is 5.41 Å². The van der Waals surface area contributed by atoms with E-state index >= 15 is 0 Å². The monoisotopic (exact) mass is 395 g/mol. The molecule has 1 aromatic heterocycles. The molecule has 11 heteroatoms. The quantitative estimate of drug-likeness (QED) is 0.376. The van der Waals surface area contributed by atoms with Gasteiger partial charge in [-0.1, -0.05) is 0 Å². The van der Waals surface area contributed by atoms with Crippen molar-refractivity contribution in [2.45, 2.75) is 0 Å². The lowest BCUT2D eigenvalue weighted by Gasteiger charge is -2.13. The van der Waals surface area contributed by atoms with Gasteiger partial charge in [0.25, 0.3) is 5.91 Å². The molecular weight excluding hydrogens is 374 g/mol. The van der Waals surface area contributed by atoms with Crippen LogP contribution in [0.5, 0.6) is 0 Å². The molecule has 146 valence electrons. The van der Waals surface area contributed by atoms with Crippen molar-refractivity contribution in [3.05, 3.63) is 53.9 Å². The first-order chi connectivity index (χ1) is 12.4. The van der Waals surface area contributed by atoms with Crippen molar-refractivity contribution in [3.8, 4) is 5.69 Å². The van der Waals surface area contributed by atoms with Crippen LogP contribution in [0.2, 0.25) is 0 Å². The Balaban J connectivity index is 0.000000828. The van der Waals surface area contributed by atoms with E-state index in [0.29, 0.717) is 5.69 Å².